The highest BCUT2D eigenvalue weighted by molar-refractivity contribution is 5.31. The molecule has 540 valence electrons. The number of ether oxygens (including phenoxy) is 10. The first kappa shape index (κ1) is 29.4. The van der Waals surface area contributed by atoms with Crippen molar-refractivity contribution >= 4 is 0 Å². The van der Waals surface area contributed by atoms with Gasteiger partial charge in [-0.15, -0.1) is 0 Å². The number of benzene rings is 5. The van der Waals surface area contributed by atoms with Crippen LogP contribution in [-0.2, 0) is 55.5 Å². The summed E-state index contributed by atoms with van der Waals surface area (Å²) in [5, 5.41) is 60.6. The topological polar surface area (TPSA) is 254 Å². The van der Waals surface area contributed by atoms with Crippen molar-refractivity contribution in [1.82, 2.24) is 26.6 Å². The number of rotatable bonds is 45. The molecule has 0 radical (unpaired) electrons. The predicted molar refractivity (Wildman–Crippen MR) is 383 cm³/mol. The molecule has 5 rings (SSSR count). The number of aryl methyl sites for hydroxylation is 5. The van der Waals surface area contributed by atoms with E-state index in [4.69, 9.17) is 113 Å². The van der Waals surface area contributed by atoms with E-state index in [-0.39, 0.29) is 62.6 Å². The van der Waals surface area contributed by atoms with Gasteiger partial charge < -0.3 is 99.5 Å². The van der Waals surface area contributed by atoms with Gasteiger partial charge in [0.15, 0.2) is 0 Å². The van der Waals surface area contributed by atoms with Crippen molar-refractivity contribution in [2.45, 2.75) is 161 Å². The lowest BCUT2D eigenvalue weighted by Gasteiger charge is -2.15. The summed E-state index contributed by atoms with van der Waals surface area (Å²) < 4.78 is 535. The largest absolute Gasteiger partial charge is 0.491 e. The zero-order valence-electron chi connectivity index (χ0n) is 117. The number of methoxy groups -OCH3 is 5. The lowest BCUT2D eigenvalue weighted by molar-refractivity contribution is 0.104. The molecule has 7 atom stereocenters. The van der Waals surface area contributed by atoms with Crippen LogP contribution in [0, 0.1) is 0 Å². The molecule has 0 saturated heterocycles. The Morgan fingerprint density at radius 2 is 0.526 bits per heavy atom. The van der Waals surface area contributed by atoms with Gasteiger partial charge in [0.1, 0.15) is 92.2 Å². The zero-order chi connectivity index (χ0) is 127. The fourth-order valence-corrected chi connectivity index (χ4v) is 5.45. The van der Waals surface area contributed by atoms with Crippen LogP contribution in [0.4, 0.5) is 0 Å². The van der Waals surface area contributed by atoms with Crippen LogP contribution >= 0.6 is 0 Å². The van der Waals surface area contributed by atoms with Crippen molar-refractivity contribution in [3.05, 3.63) is 149 Å². The predicted octanol–water partition coefficient (Wildman–Crippen LogP) is 8.07. The SMILES string of the molecule is [2H]C(C)(C)NC([2H])([2H])C([2H])(O)COc1ccc(C([2H])([2H])C([2H])([2H])OC([2H])([2H])[2H])cc1.[2H]C([2H])([2H])OC([2H])([2H])C([2H])([2H])c1ccc(OCC([2H])(O)C([2H])([2H])NC(C)C([2H])([2H])[2H])cc1.[2H]C([2H])([2H])OC([2H])([2H])C([2H])([2H])c1ccc(OCC([2H])(O)C([2H])([2H])NC(C)C)cc1.[2H]C([2H])([2H])OC([2H])([2H])C([2H])([2H])c1ccc(OCC([2H])(O)C([2H])([2H])NC([2H])(C([2H])([2H])[2H])C([2H])([2H])[2H])cc1.[2H]C([2H])([2H])OC([2H])([2H])C([2H])([2H])c1ccc(OCC([2H])(O)C([2H])([2H])NC([2H])(C)C([2H])([2H])[2H])cc1. The van der Waals surface area contributed by atoms with E-state index >= 15 is 0 Å². The van der Waals surface area contributed by atoms with Crippen molar-refractivity contribution in [2.75, 3.05) is 134 Å². The van der Waals surface area contributed by atoms with E-state index in [1.165, 1.54) is 50.4 Å². The Balaban J connectivity index is 0.00000100. The third kappa shape index (κ3) is 50.5. The Morgan fingerprint density at radius 3 is 0.737 bits per heavy atom. The lowest BCUT2D eigenvalue weighted by atomic mass is 10.1. The molecule has 0 bridgehead atoms. The molecular weight excluding hydrogens is 1210 g/mol. The van der Waals surface area contributed by atoms with Gasteiger partial charge in [-0.1, -0.05) is 130 Å². The van der Waals surface area contributed by atoms with Crippen molar-refractivity contribution in [3.8, 4) is 28.7 Å². The van der Waals surface area contributed by atoms with Gasteiger partial charge in [-0.05, 0) is 120 Å². The molecule has 20 heteroatoms. The fourth-order valence-electron chi connectivity index (χ4n) is 5.45. The molecule has 10 N–H and O–H groups in total. The van der Waals surface area contributed by atoms with E-state index < -0.39 is 247 Å². The molecule has 0 heterocycles. The van der Waals surface area contributed by atoms with Crippen molar-refractivity contribution < 1.29 is 162 Å². The second-order valence-corrected chi connectivity index (χ2v) is 18.1. The van der Waals surface area contributed by atoms with E-state index in [0.29, 0.717) is 0 Å². The molecule has 0 aliphatic heterocycles. The molecule has 95 heavy (non-hydrogen) atoms. The van der Waals surface area contributed by atoms with E-state index in [1.54, 1.807) is 19.2 Å². The quantitative estimate of drug-likeness (QED) is 0.0177. The smallest absolute Gasteiger partial charge is 0.119 e. The van der Waals surface area contributed by atoms with Gasteiger partial charge in [-0.3, -0.25) is 0 Å². The van der Waals surface area contributed by atoms with Gasteiger partial charge in [0.05, 0.1) is 73.9 Å². The van der Waals surface area contributed by atoms with Crippen LogP contribution in [0.3, 0.4) is 0 Å². The summed E-state index contributed by atoms with van der Waals surface area (Å²) in [7, 11) is -15.9. The molecule has 0 aliphatic rings. The van der Waals surface area contributed by atoms with Crippen molar-refractivity contribution in [1.29, 1.82) is 0 Å². The first-order valence-corrected chi connectivity index (χ1v) is 27.1. The maximum atomic E-state index is 10.3. The molecular formula is C75H125N5O15. The third-order valence-electron chi connectivity index (χ3n) is 9.50. The third-order valence-corrected chi connectivity index (χ3v) is 9.50. The van der Waals surface area contributed by atoms with Gasteiger partial charge in [0, 0.05) is 146 Å². The minimum absolute atomic E-state index is 0.0125. The van der Waals surface area contributed by atoms with E-state index in [1.807, 2.05) is 5.32 Å². The summed E-state index contributed by atoms with van der Waals surface area (Å²) in [6, 6.07) is 12.7. The Morgan fingerprint density at radius 1 is 0.305 bits per heavy atom. The van der Waals surface area contributed by atoms with Crippen LogP contribution in [0.15, 0.2) is 121 Å². The standard InChI is InChI=1S/5C15H25NO3/c5*1-12(2)16-10-14(17)11-19-15-6-4-13(5-7-15)8-9-18-3/h5*4-7,12,14,16-17H,8-11H2,1-3H3/i1D3,2D3,3D3,8D2,9D2,10D2,12D,14D;1D3,3D3,8D2,9D2,10D2,12D,14D;3D3,8D2,9D2,10D2,12D,14D;1D3,3D3,8D2,9D2,10D2,14D;3D3,8D2,9D2,10D2,14D. The zero-order valence-corrected chi connectivity index (χ0v) is 52.1. The highest BCUT2D eigenvalue weighted by atomic mass is 16.5. The number of hydrogen-bond acceptors (Lipinski definition) is 20. The van der Waals surface area contributed by atoms with Gasteiger partial charge >= 0.3 is 0 Å². The van der Waals surface area contributed by atoms with Crippen LogP contribution in [0.1, 0.15) is 186 Å². The van der Waals surface area contributed by atoms with Crippen LogP contribution in [0.25, 0.3) is 0 Å². The maximum absolute atomic E-state index is 10.3. The van der Waals surface area contributed by atoms with Crippen LogP contribution < -0.4 is 50.3 Å². The second-order valence-electron chi connectivity index (χ2n) is 18.1. The maximum Gasteiger partial charge on any atom is 0.119 e. The molecule has 5 aromatic rings. The van der Waals surface area contributed by atoms with Crippen LogP contribution in [0.5, 0.6) is 28.7 Å². The Kier molecular flexibility index (Phi) is 17.5. The average molecular weight is 1400 g/mol. The Labute approximate surface area is 662 Å². The second kappa shape index (κ2) is 56.5. The molecule has 7 unspecified atom stereocenters. The summed E-state index contributed by atoms with van der Waals surface area (Å²) in [5.41, 5.74) is -1.46. The minimum atomic E-state index is -3.60. The van der Waals surface area contributed by atoms with E-state index in [2.05, 4.69) is 34.3 Å². The minimum Gasteiger partial charge on any atom is -0.491 e. The molecule has 0 saturated carbocycles. The number of aliphatic hydroxyl groups is 5. The molecule has 0 amide bonds. The summed E-state index contributed by atoms with van der Waals surface area (Å²) in [5.74, 6) is -0.284. The summed E-state index contributed by atoms with van der Waals surface area (Å²) >= 11 is 0. The van der Waals surface area contributed by atoms with Crippen molar-refractivity contribution in [3.63, 3.8) is 0 Å². The normalized spacial score (nSPS) is 29.0. The Hall–Kier alpha value is -5.50. The fraction of sp³-hybridized carbons (Fsp3) is 0.600. The highest BCUT2D eigenvalue weighted by Crippen LogP contribution is 2.17. The van der Waals surface area contributed by atoms with Crippen molar-refractivity contribution in [2.24, 2.45) is 0 Å². The van der Waals surface area contributed by atoms with Gasteiger partial charge in [0.25, 0.3) is 0 Å². The molecule has 20 nitrogen and oxygen atoms in total. The molecule has 5 aromatic carbocycles. The average Bonchev–Trinajstić information content (AvgIpc) is 0.741. The van der Waals surface area contributed by atoms with Crippen LogP contribution in [-0.4, -0.2) is 220 Å². The Bertz CT molecular complexity index is 5340. The highest BCUT2D eigenvalue weighted by Gasteiger charge is 2.11. The summed E-state index contributed by atoms with van der Waals surface area (Å²) in [4.78, 5) is 0. The molecule has 0 aromatic heterocycles. The summed E-state index contributed by atoms with van der Waals surface area (Å²) in [6.45, 7) is -40.2. The monoisotopic (exact) mass is 1400 g/mol. The van der Waals surface area contributed by atoms with Crippen LogP contribution in [0.2, 0.25) is 0 Å². The lowest BCUT2D eigenvalue weighted by Crippen LogP contribution is -2.35. The van der Waals surface area contributed by atoms with Gasteiger partial charge in [-0.25, -0.2) is 0 Å². The van der Waals surface area contributed by atoms with E-state index in [0.717, 1.165) is 104 Å². The van der Waals surface area contributed by atoms with Gasteiger partial charge in [0.2, 0.25) is 0 Å². The first-order chi connectivity index (χ1) is 69.9. The van der Waals surface area contributed by atoms with E-state index in [9.17, 15) is 25.5 Å². The van der Waals surface area contributed by atoms with Gasteiger partial charge in [-0.2, -0.15) is 0 Å². The first-order valence-electron chi connectivity index (χ1n) is 59.6. The summed E-state index contributed by atoms with van der Waals surface area (Å²) in [6.07, 6.45) is -29.1. The number of nitrogens with one attached hydrogen (secondary N) is 5. The number of hydrogen-bond donors (Lipinski definition) is 10. The molecule has 0 spiro atoms. The molecule has 0 fully saturated rings. The molecule has 0 aliphatic carbocycles.